The van der Waals surface area contributed by atoms with E-state index in [-0.39, 0.29) is 25.7 Å². The minimum absolute atomic E-state index is 0.140. The largest absolute Gasteiger partial charge is 0.444 e. The molecule has 0 radical (unpaired) electrons. The van der Waals surface area contributed by atoms with Crippen LogP contribution in [-0.2, 0) is 28.4 Å². The van der Waals surface area contributed by atoms with Crippen molar-refractivity contribution in [1.29, 1.82) is 0 Å². The zero-order chi connectivity index (χ0) is 20.8. The first-order chi connectivity index (χ1) is 13.8. The molecule has 0 spiro atoms. The maximum Gasteiger partial charge on any atom is 0.414 e. The van der Waals surface area contributed by atoms with E-state index in [4.69, 9.17) is 4.74 Å². The SMILES string of the molecule is Cn1cc(S(=O)(=O)N2CCC(N3C(=O)OCc4ccccc43)CC2)c(=O)[nH]c1=O. The lowest BCUT2D eigenvalue weighted by molar-refractivity contribution is 0.136. The van der Waals surface area contributed by atoms with Crippen molar-refractivity contribution in [2.75, 3.05) is 18.0 Å². The summed E-state index contributed by atoms with van der Waals surface area (Å²) >= 11 is 0. The maximum atomic E-state index is 12.9. The Bertz CT molecular complexity index is 1180. The van der Waals surface area contributed by atoms with Crippen molar-refractivity contribution in [3.63, 3.8) is 0 Å². The quantitative estimate of drug-likeness (QED) is 0.766. The van der Waals surface area contributed by atoms with Crippen LogP contribution in [0.3, 0.4) is 0 Å². The highest BCUT2D eigenvalue weighted by Crippen LogP contribution is 2.32. The van der Waals surface area contributed by atoms with Crippen LogP contribution in [0.25, 0.3) is 0 Å². The van der Waals surface area contributed by atoms with Crippen LogP contribution in [0.1, 0.15) is 18.4 Å². The highest BCUT2D eigenvalue weighted by molar-refractivity contribution is 7.89. The average molecular weight is 420 g/mol. The zero-order valence-corrected chi connectivity index (χ0v) is 16.5. The van der Waals surface area contributed by atoms with E-state index in [1.54, 1.807) is 4.90 Å². The van der Waals surface area contributed by atoms with Crippen molar-refractivity contribution in [1.82, 2.24) is 13.9 Å². The molecule has 1 saturated heterocycles. The molecule has 0 bridgehead atoms. The van der Waals surface area contributed by atoms with Crippen LogP contribution in [0.4, 0.5) is 10.5 Å². The molecule has 0 unspecified atom stereocenters. The van der Waals surface area contributed by atoms with Crippen LogP contribution in [0, 0.1) is 0 Å². The van der Waals surface area contributed by atoms with Crippen molar-refractivity contribution >= 4 is 21.8 Å². The number of ether oxygens (including phenoxy) is 1. The molecule has 1 aromatic heterocycles. The van der Waals surface area contributed by atoms with E-state index in [1.807, 2.05) is 29.2 Å². The van der Waals surface area contributed by atoms with E-state index < -0.39 is 32.3 Å². The third-order valence-corrected chi connectivity index (χ3v) is 7.17. The number of sulfonamides is 1. The lowest BCUT2D eigenvalue weighted by Crippen LogP contribution is -2.51. The summed E-state index contributed by atoms with van der Waals surface area (Å²) in [4.78, 5) is 39.0. The molecular weight excluding hydrogens is 400 g/mol. The number of fused-ring (bicyclic) bond motifs is 1. The highest BCUT2D eigenvalue weighted by atomic mass is 32.2. The van der Waals surface area contributed by atoms with Gasteiger partial charge in [-0.3, -0.25) is 14.7 Å². The van der Waals surface area contributed by atoms with Crippen molar-refractivity contribution in [2.24, 2.45) is 7.05 Å². The summed E-state index contributed by atoms with van der Waals surface area (Å²) in [5, 5.41) is 0. The molecule has 11 heteroatoms. The second-order valence-electron chi connectivity index (χ2n) is 7.05. The summed E-state index contributed by atoms with van der Waals surface area (Å²) in [5.74, 6) is 0. The number of amides is 1. The summed E-state index contributed by atoms with van der Waals surface area (Å²) in [7, 11) is -2.70. The normalized spacial score (nSPS) is 18.4. The number of carbonyl (C=O) groups is 1. The number of hydrogen-bond donors (Lipinski definition) is 1. The first-order valence-corrected chi connectivity index (χ1v) is 10.6. The molecule has 2 aromatic rings. The number of rotatable bonds is 3. The average Bonchev–Trinajstić information content (AvgIpc) is 2.70. The Kier molecular flexibility index (Phi) is 4.79. The fourth-order valence-corrected chi connectivity index (χ4v) is 5.27. The summed E-state index contributed by atoms with van der Waals surface area (Å²) in [6.45, 7) is 0.497. The Hall–Kier alpha value is -2.92. The molecule has 3 heterocycles. The second kappa shape index (κ2) is 7.16. The molecule has 1 fully saturated rings. The molecule has 1 amide bonds. The fraction of sp³-hybridized carbons (Fsp3) is 0.389. The summed E-state index contributed by atoms with van der Waals surface area (Å²) in [6, 6.07) is 7.24. The van der Waals surface area contributed by atoms with Crippen molar-refractivity contribution in [3.05, 3.63) is 56.9 Å². The third kappa shape index (κ3) is 3.36. The van der Waals surface area contributed by atoms with E-state index >= 15 is 0 Å². The number of nitrogens with zero attached hydrogens (tertiary/aromatic N) is 3. The minimum Gasteiger partial charge on any atom is -0.444 e. The predicted molar refractivity (Wildman–Crippen MR) is 103 cm³/mol. The molecule has 0 aliphatic carbocycles. The number of carbonyl (C=O) groups excluding carboxylic acids is 1. The van der Waals surface area contributed by atoms with Crippen LogP contribution >= 0.6 is 0 Å². The molecule has 29 heavy (non-hydrogen) atoms. The molecule has 154 valence electrons. The van der Waals surface area contributed by atoms with Gasteiger partial charge in [0.1, 0.15) is 6.61 Å². The number of H-pyrrole nitrogens is 1. The molecule has 10 nitrogen and oxygen atoms in total. The van der Waals surface area contributed by atoms with Crippen LogP contribution in [0.5, 0.6) is 0 Å². The van der Waals surface area contributed by atoms with Gasteiger partial charge in [-0.05, 0) is 18.9 Å². The molecule has 2 aliphatic rings. The van der Waals surface area contributed by atoms with Crippen LogP contribution in [-0.4, -0.2) is 47.5 Å². The van der Waals surface area contributed by atoms with E-state index in [0.717, 1.165) is 22.0 Å². The number of aromatic amines is 1. The number of hydrogen-bond acceptors (Lipinski definition) is 6. The van der Waals surface area contributed by atoms with Gasteiger partial charge in [-0.15, -0.1) is 0 Å². The Labute approximate surface area is 166 Å². The minimum atomic E-state index is -4.06. The van der Waals surface area contributed by atoms with Gasteiger partial charge in [-0.2, -0.15) is 4.31 Å². The van der Waals surface area contributed by atoms with Gasteiger partial charge in [0.15, 0.2) is 4.90 Å². The lowest BCUT2D eigenvalue weighted by Gasteiger charge is -2.39. The second-order valence-corrected chi connectivity index (χ2v) is 8.96. The Morgan fingerprint density at radius 3 is 2.52 bits per heavy atom. The maximum absolute atomic E-state index is 12.9. The van der Waals surface area contributed by atoms with Gasteiger partial charge in [-0.25, -0.2) is 18.0 Å². The van der Waals surface area contributed by atoms with Gasteiger partial charge in [-0.1, -0.05) is 18.2 Å². The molecule has 0 saturated carbocycles. The van der Waals surface area contributed by atoms with E-state index in [0.29, 0.717) is 12.8 Å². The zero-order valence-electron chi connectivity index (χ0n) is 15.7. The van der Waals surface area contributed by atoms with E-state index in [9.17, 15) is 22.8 Å². The van der Waals surface area contributed by atoms with Crippen LogP contribution in [0.15, 0.2) is 44.9 Å². The molecule has 0 atom stereocenters. The standard InChI is InChI=1S/C18H20N4O6S/c1-20-10-15(16(23)19-17(20)24)29(26,27)21-8-6-13(7-9-21)22-14-5-3-2-4-12(14)11-28-18(22)25/h2-5,10,13H,6-9,11H2,1H3,(H,19,23,24). The monoisotopic (exact) mass is 420 g/mol. The number of benzene rings is 1. The van der Waals surface area contributed by atoms with Gasteiger partial charge >= 0.3 is 11.8 Å². The Morgan fingerprint density at radius 1 is 1.10 bits per heavy atom. The third-order valence-electron chi connectivity index (χ3n) is 5.28. The topological polar surface area (TPSA) is 122 Å². The van der Waals surface area contributed by atoms with E-state index in [1.165, 1.54) is 11.4 Å². The van der Waals surface area contributed by atoms with Gasteiger partial charge in [0, 0.05) is 37.9 Å². The Balaban J connectivity index is 1.56. The number of anilines is 1. The molecule has 1 N–H and O–H groups in total. The molecule has 4 rings (SSSR count). The first kappa shape index (κ1) is 19.4. The molecule has 2 aliphatic heterocycles. The van der Waals surface area contributed by atoms with Gasteiger partial charge in [0.05, 0.1) is 5.69 Å². The first-order valence-electron chi connectivity index (χ1n) is 9.13. The summed E-state index contributed by atoms with van der Waals surface area (Å²) < 4.78 is 33.3. The number of cyclic esters (lactones) is 1. The fourth-order valence-electron chi connectivity index (χ4n) is 3.72. The number of para-hydroxylation sites is 1. The van der Waals surface area contributed by atoms with Crippen molar-refractivity contribution in [2.45, 2.75) is 30.4 Å². The number of aryl methyl sites for hydroxylation is 1. The summed E-state index contributed by atoms with van der Waals surface area (Å²) in [6.07, 6.45) is 1.37. The van der Waals surface area contributed by atoms with Crippen molar-refractivity contribution < 1.29 is 17.9 Å². The van der Waals surface area contributed by atoms with Gasteiger partial charge < -0.3 is 9.30 Å². The number of nitrogens with one attached hydrogen (secondary N) is 1. The van der Waals surface area contributed by atoms with Crippen molar-refractivity contribution in [3.8, 4) is 0 Å². The Morgan fingerprint density at radius 2 is 1.79 bits per heavy atom. The van der Waals surface area contributed by atoms with Crippen LogP contribution < -0.4 is 16.1 Å². The predicted octanol–water partition coefficient (Wildman–Crippen LogP) is 0.383. The highest BCUT2D eigenvalue weighted by Gasteiger charge is 2.37. The smallest absolute Gasteiger partial charge is 0.414 e. The number of piperidine rings is 1. The molecule has 1 aromatic carbocycles. The molecular formula is C18H20N4O6S. The van der Waals surface area contributed by atoms with E-state index in [2.05, 4.69) is 0 Å². The van der Waals surface area contributed by atoms with Crippen LogP contribution in [0.2, 0.25) is 0 Å². The lowest BCUT2D eigenvalue weighted by atomic mass is 10.0. The van der Waals surface area contributed by atoms with Gasteiger partial charge in [0.2, 0.25) is 10.0 Å². The summed E-state index contributed by atoms with van der Waals surface area (Å²) in [5.41, 5.74) is 0.0529. The number of aromatic nitrogens is 2. The van der Waals surface area contributed by atoms with Gasteiger partial charge in [0.25, 0.3) is 5.56 Å².